The van der Waals surface area contributed by atoms with Crippen molar-refractivity contribution in [3.8, 4) is 0 Å². The monoisotopic (exact) mass is 283 g/mol. The molecule has 0 aliphatic carbocycles. The van der Waals surface area contributed by atoms with Crippen LogP contribution in [0.5, 0.6) is 0 Å². The van der Waals surface area contributed by atoms with Gasteiger partial charge in [0, 0.05) is 18.0 Å². The second kappa shape index (κ2) is 5.98. The Balaban J connectivity index is 1.98. The lowest BCUT2D eigenvalue weighted by atomic mass is 10.0. The molecule has 2 unspecified atom stereocenters. The van der Waals surface area contributed by atoms with Crippen LogP contribution in [-0.4, -0.2) is 29.6 Å². The van der Waals surface area contributed by atoms with Gasteiger partial charge in [-0.25, -0.2) is 4.98 Å². The number of carbonyl (C=O) groups excluding carboxylic acids is 1. The van der Waals surface area contributed by atoms with Crippen molar-refractivity contribution < 1.29 is 9.53 Å². The zero-order valence-electron chi connectivity index (χ0n) is 11.7. The van der Waals surface area contributed by atoms with Crippen molar-refractivity contribution in [3.63, 3.8) is 0 Å². The molecule has 106 valence electrons. The zero-order valence-corrected chi connectivity index (χ0v) is 12.5. The minimum absolute atomic E-state index is 0.0954. The fraction of sp³-hybridized carbons (Fsp3) is 0.692. The van der Waals surface area contributed by atoms with Crippen molar-refractivity contribution in [2.75, 3.05) is 18.5 Å². The van der Waals surface area contributed by atoms with E-state index in [0.29, 0.717) is 11.7 Å². The number of ether oxygens (including phenoxy) is 1. The number of carbonyl (C=O) groups is 1. The standard InChI is InChI=1S/C13H21N3O2S/c1-4-14-9(2)10-8-19-12(15-10)16-11(17)13(3)6-5-7-18-13/h8-9,14H,4-7H2,1-3H3,(H,15,16,17). The fourth-order valence-corrected chi connectivity index (χ4v) is 2.94. The van der Waals surface area contributed by atoms with Crippen LogP contribution in [0.4, 0.5) is 5.13 Å². The second-order valence-corrected chi connectivity index (χ2v) is 5.85. The van der Waals surface area contributed by atoms with E-state index in [2.05, 4.69) is 29.5 Å². The third-order valence-corrected chi connectivity index (χ3v) is 4.17. The van der Waals surface area contributed by atoms with Crippen molar-refractivity contribution in [3.05, 3.63) is 11.1 Å². The van der Waals surface area contributed by atoms with E-state index in [9.17, 15) is 4.79 Å². The molecule has 2 heterocycles. The lowest BCUT2D eigenvalue weighted by Gasteiger charge is -2.20. The van der Waals surface area contributed by atoms with E-state index < -0.39 is 5.60 Å². The van der Waals surface area contributed by atoms with Crippen LogP contribution in [-0.2, 0) is 9.53 Å². The molecule has 1 amide bonds. The van der Waals surface area contributed by atoms with Gasteiger partial charge in [0.1, 0.15) is 5.60 Å². The quantitative estimate of drug-likeness (QED) is 0.870. The summed E-state index contributed by atoms with van der Waals surface area (Å²) in [6.07, 6.45) is 1.70. The minimum Gasteiger partial charge on any atom is -0.365 e. The summed E-state index contributed by atoms with van der Waals surface area (Å²) in [6, 6.07) is 0.199. The summed E-state index contributed by atoms with van der Waals surface area (Å²) >= 11 is 1.45. The van der Waals surface area contributed by atoms with Gasteiger partial charge in [-0.1, -0.05) is 6.92 Å². The number of thiazole rings is 1. The van der Waals surface area contributed by atoms with E-state index in [0.717, 1.165) is 25.1 Å². The largest absolute Gasteiger partial charge is 0.365 e. The predicted octanol–water partition coefficient (Wildman–Crippen LogP) is 2.32. The van der Waals surface area contributed by atoms with Gasteiger partial charge in [0.15, 0.2) is 5.13 Å². The third-order valence-electron chi connectivity index (χ3n) is 3.40. The van der Waals surface area contributed by atoms with Gasteiger partial charge in [-0.2, -0.15) is 0 Å². The first-order chi connectivity index (χ1) is 9.05. The Morgan fingerprint density at radius 3 is 3.11 bits per heavy atom. The van der Waals surface area contributed by atoms with Crippen LogP contribution in [0.15, 0.2) is 5.38 Å². The number of rotatable bonds is 5. The molecule has 0 aromatic carbocycles. The van der Waals surface area contributed by atoms with Crippen LogP contribution in [0.1, 0.15) is 45.3 Å². The highest BCUT2D eigenvalue weighted by Gasteiger charge is 2.38. The molecule has 19 heavy (non-hydrogen) atoms. The number of amides is 1. The molecular formula is C13H21N3O2S. The summed E-state index contributed by atoms with van der Waals surface area (Å²) < 4.78 is 5.52. The normalized spacial score (nSPS) is 24.4. The van der Waals surface area contributed by atoms with E-state index in [-0.39, 0.29) is 11.9 Å². The molecule has 1 aliphatic heterocycles. The first kappa shape index (κ1) is 14.4. The SMILES string of the molecule is CCNC(C)c1csc(NC(=O)C2(C)CCCO2)n1. The average Bonchev–Trinajstić information content (AvgIpc) is 2.99. The van der Waals surface area contributed by atoms with Crippen molar-refractivity contribution in [1.82, 2.24) is 10.3 Å². The maximum atomic E-state index is 12.2. The van der Waals surface area contributed by atoms with Crippen LogP contribution in [0.25, 0.3) is 0 Å². The van der Waals surface area contributed by atoms with E-state index in [1.54, 1.807) is 0 Å². The molecule has 2 N–H and O–H groups in total. The summed E-state index contributed by atoms with van der Waals surface area (Å²) in [7, 11) is 0. The zero-order chi connectivity index (χ0) is 13.9. The molecule has 0 spiro atoms. The summed E-state index contributed by atoms with van der Waals surface area (Å²) in [6.45, 7) is 7.51. The number of nitrogens with one attached hydrogen (secondary N) is 2. The van der Waals surface area contributed by atoms with Crippen LogP contribution >= 0.6 is 11.3 Å². The van der Waals surface area contributed by atoms with E-state index in [1.807, 2.05) is 12.3 Å². The summed E-state index contributed by atoms with van der Waals surface area (Å²) in [5, 5.41) is 8.77. The minimum atomic E-state index is -0.695. The van der Waals surface area contributed by atoms with E-state index in [1.165, 1.54) is 11.3 Å². The first-order valence-electron chi connectivity index (χ1n) is 6.69. The van der Waals surface area contributed by atoms with Crippen LogP contribution < -0.4 is 10.6 Å². The van der Waals surface area contributed by atoms with Crippen LogP contribution in [0.3, 0.4) is 0 Å². The lowest BCUT2D eigenvalue weighted by Crippen LogP contribution is -2.39. The molecule has 5 nitrogen and oxygen atoms in total. The third kappa shape index (κ3) is 3.32. The Morgan fingerprint density at radius 2 is 2.47 bits per heavy atom. The van der Waals surface area contributed by atoms with Gasteiger partial charge in [0.25, 0.3) is 5.91 Å². The maximum Gasteiger partial charge on any atom is 0.258 e. The predicted molar refractivity (Wildman–Crippen MR) is 76.4 cm³/mol. The molecule has 0 radical (unpaired) electrons. The van der Waals surface area contributed by atoms with Crippen molar-refractivity contribution in [2.24, 2.45) is 0 Å². The van der Waals surface area contributed by atoms with Gasteiger partial charge in [-0.05, 0) is 33.2 Å². The number of nitrogens with zero attached hydrogens (tertiary/aromatic N) is 1. The first-order valence-corrected chi connectivity index (χ1v) is 7.57. The lowest BCUT2D eigenvalue weighted by molar-refractivity contribution is -0.133. The molecular weight excluding hydrogens is 262 g/mol. The maximum absolute atomic E-state index is 12.2. The molecule has 6 heteroatoms. The van der Waals surface area contributed by atoms with Crippen molar-refractivity contribution in [1.29, 1.82) is 0 Å². The number of hydrogen-bond donors (Lipinski definition) is 2. The highest BCUT2D eigenvalue weighted by molar-refractivity contribution is 7.13. The number of anilines is 1. The summed E-state index contributed by atoms with van der Waals surface area (Å²) in [4.78, 5) is 16.6. The highest BCUT2D eigenvalue weighted by Crippen LogP contribution is 2.28. The Labute approximate surface area is 117 Å². The van der Waals surface area contributed by atoms with Gasteiger partial charge in [0.05, 0.1) is 5.69 Å². The van der Waals surface area contributed by atoms with E-state index >= 15 is 0 Å². The van der Waals surface area contributed by atoms with Crippen molar-refractivity contribution in [2.45, 2.75) is 45.3 Å². The topological polar surface area (TPSA) is 63.2 Å². The molecule has 1 fully saturated rings. The Kier molecular flexibility index (Phi) is 4.54. The summed E-state index contributed by atoms with van der Waals surface area (Å²) in [5.74, 6) is -0.0954. The molecule has 1 aliphatic rings. The molecule has 1 saturated heterocycles. The Morgan fingerprint density at radius 1 is 1.68 bits per heavy atom. The van der Waals surface area contributed by atoms with Crippen LogP contribution in [0.2, 0.25) is 0 Å². The highest BCUT2D eigenvalue weighted by atomic mass is 32.1. The molecule has 2 rings (SSSR count). The fourth-order valence-electron chi connectivity index (χ4n) is 2.14. The molecule has 0 bridgehead atoms. The van der Waals surface area contributed by atoms with Crippen LogP contribution in [0, 0.1) is 0 Å². The van der Waals surface area contributed by atoms with Gasteiger partial charge in [-0.15, -0.1) is 11.3 Å². The van der Waals surface area contributed by atoms with Crippen molar-refractivity contribution >= 4 is 22.4 Å². The van der Waals surface area contributed by atoms with Gasteiger partial charge >= 0.3 is 0 Å². The van der Waals surface area contributed by atoms with E-state index in [4.69, 9.17) is 4.74 Å². The molecule has 0 saturated carbocycles. The van der Waals surface area contributed by atoms with Gasteiger partial charge < -0.3 is 10.1 Å². The average molecular weight is 283 g/mol. The smallest absolute Gasteiger partial charge is 0.258 e. The number of hydrogen-bond acceptors (Lipinski definition) is 5. The number of aromatic nitrogens is 1. The Bertz CT molecular complexity index is 441. The molecule has 1 aromatic rings. The second-order valence-electron chi connectivity index (χ2n) is 4.99. The molecule has 1 aromatic heterocycles. The summed E-state index contributed by atoms with van der Waals surface area (Å²) in [5.41, 5.74) is 0.263. The molecule has 2 atom stereocenters. The van der Waals surface area contributed by atoms with Gasteiger partial charge in [-0.3, -0.25) is 10.1 Å². The Hall–Kier alpha value is -0.980. The van der Waals surface area contributed by atoms with Gasteiger partial charge in [0.2, 0.25) is 0 Å².